The monoisotopic (exact) mass is 411 g/mol. The largest absolute Gasteiger partial charge is 0.497 e. The van der Waals surface area contributed by atoms with Crippen LogP contribution in [0.5, 0.6) is 11.5 Å². The number of hydrogen-bond acceptors (Lipinski definition) is 5. The molecule has 3 rings (SSSR count). The first-order valence-electron chi connectivity index (χ1n) is 7.64. The lowest BCUT2D eigenvalue weighted by atomic mass is 10.3. The lowest BCUT2D eigenvalue weighted by Crippen LogP contribution is -2.12. The van der Waals surface area contributed by atoms with Crippen LogP contribution in [-0.2, 0) is 16.8 Å². The van der Waals surface area contributed by atoms with Crippen molar-refractivity contribution in [3.63, 3.8) is 0 Å². The molecule has 1 N–H and O–H groups in total. The molecule has 0 amide bonds. The quantitative estimate of drug-likeness (QED) is 0.643. The molecule has 0 aliphatic carbocycles. The zero-order chi connectivity index (χ0) is 19.4. The number of sulfonamides is 1. The van der Waals surface area contributed by atoms with Gasteiger partial charge in [0, 0.05) is 0 Å². The van der Waals surface area contributed by atoms with E-state index < -0.39 is 15.8 Å². The maximum atomic E-state index is 13.0. The molecule has 7 nitrogen and oxygen atoms in total. The second-order valence-corrected chi connectivity index (χ2v) is 7.49. The van der Waals surface area contributed by atoms with E-state index in [-0.39, 0.29) is 28.1 Å². The van der Waals surface area contributed by atoms with Crippen LogP contribution in [0.25, 0.3) is 0 Å². The average molecular weight is 412 g/mol. The van der Waals surface area contributed by atoms with Gasteiger partial charge in [-0.25, -0.2) is 17.5 Å². The van der Waals surface area contributed by atoms with E-state index in [0.717, 1.165) is 6.07 Å². The molecule has 0 spiro atoms. The van der Waals surface area contributed by atoms with Crippen molar-refractivity contribution < 1.29 is 22.3 Å². The topological polar surface area (TPSA) is 82.5 Å². The van der Waals surface area contributed by atoms with Gasteiger partial charge in [0.2, 0.25) is 0 Å². The Labute approximate surface area is 160 Å². The maximum Gasteiger partial charge on any atom is 0.261 e. The van der Waals surface area contributed by atoms with Gasteiger partial charge in [0.15, 0.2) is 6.73 Å². The van der Waals surface area contributed by atoms with Crippen molar-refractivity contribution in [1.82, 2.24) is 9.78 Å². The molecule has 27 heavy (non-hydrogen) atoms. The summed E-state index contributed by atoms with van der Waals surface area (Å²) in [5.41, 5.74) is 0.264. The van der Waals surface area contributed by atoms with Crippen LogP contribution in [-0.4, -0.2) is 25.3 Å². The van der Waals surface area contributed by atoms with Crippen LogP contribution < -0.4 is 14.2 Å². The first kappa shape index (κ1) is 19.0. The van der Waals surface area contributed by atoms with E-state index in [9.17, 15) is 12.8 Å². The van der Waals surface area contributed by atoms with E-state index in [1.165, 1.54) is 48.5 Å². The summed E-state index contributed by atoms with van der Waals surface area (Å²) in [7, 11) is -2.27. The van der Waals surface area contributed by atoms with Crippen LogP contribution in [0.4, 0.5) is 10.1 Å². The van der Waals surface area contributed by atoms with E-state index in [4.69, 9.17) is 21.1 Å². The van der Waals surface area contributed by atoms with Crippen LogP contribution in [0.15, 0.2) is 59.8 Å². The third kappa shape index (κ3) is 4.69. The third-order valence-electron chi connectivity index (χ3n) is 3.50. The summed E-state index contributed by atoms with van der Waals surface area (Å²) in [4.78, 5) is 0.0883. The van der Waals surface area contributed by atoms with Crippen molar-refractivity contribution in [2.45, 2.75) is 11.6 Å². The van der Waals surface area contributed by atoms with Crippen LogP contribution in [0.1, 0.15) is 0 Å². The number of methoxy groups -OCH3 is 1. The van der Waals surface area contributed by atoms with Crippen LogP contribution in [0.2, 0.25) is 5.02 Å². The fourth-order valence-electron chi connectivity index (χ4n) is 2.18. The standard InChI is InChI=1S/C17H15ClFN3O4S/c1-25-14-3-5-15(6-4-14)27(23,24)21-13-9-20-22(10-13)11-26-17-7-2-12(19)8-16(17)18/h2-10,21H,11H2,1H3. The Morgan fingerprint density at radius 3 is 2.63 bits per heavy atom. The number of halogens is 2. The Kier molecular flexibility index (Phi) is 5.52. The summed E-state index contributed by atoms with van der Waals surface area (Å²) in [6, 6.07) is 9.73. The Bertz CT molecular complexity index is 1040. The minimum atomic E-state index is -3.77. The Balaban J connectivity index is 1.66. The molecule has 0 unspecified atom stereocenters. The average Bonchev–Trinajstić information content (AvgIpc) is 3.07. The number of anilines is 1. The summed E-state index contributed by atoms with van der Waals surface area (Å²) in [5.74, 6) is 0.369. The van der Waals surface area contributed by atoms with Gasteiger partial charge in [-0.3, -0.25) is 4.72 Å². The molecule has 0 bridgehead atoms. The Hall–Kier alpha value is -2.78. The van der Waals surface area contributed by atoms with Gasteiger partial charge >= 0.3 is 0 Å². The molecule has 142 valence electrons. The highest BCUT2D eigenvalue weighted by Gasteiger charge is 2.15. The summed E-state index contributed by atoms with van der Waals surface area (Å²) >= 11 is 5.88. The Morgan fingerprint density at radius 2 is 1.96 bits per heavy atom. The van der Waals surface area contributed by atoms with Gasteiger partial charge in [-0.05, 0) is 42.5 Å². The van der Waals surface area contributed by atoms with Crippen molar-refractivity contribution in [2.24, 2.45) is 0 Å². The molecule has 3 aromatic rings. The second kappa shape index (κ2) is 7.85. The van der Waals surface area contributed by atoms with Crippen molar-refractivity contribution in [1.29, 1.82) is 0 Å². The fourth-order valence-corrected chi connectivity index (χ4v) is 3.43. The molecular formula is C17H15ClFN3O4S. The summed E-state index contributed by atoms with van der Waals surface area (Å²) in [6.07, 6.45) is 2.80. The van der Waals surface area contributed by atoms with Gasteiger partial charge < -0.3 is 9.47 Å². The molecule has 0 fully saturated rings. The highest BCUT2D eigenvalue weighted by atomic mass is 35.5. The first-order chi connectivity index (χ1) is 12.9. The van der Waals surface area contributed by atoms with Gasteiger partial charge in [0.25, 0.3) is 10.0 Å². The molecule has 0 atom stereocenters. The third-order valence-corrected chi connectivity index (χ3v) is 5.19. The SMILES string of the molecule is COc1ccc(S(=O)(=O)Nc2cnn(COc3ccc(F)cc3Cl)c2)cc1. The van der Waals surface area contributed by atoms with Gasteiger partial charge in [-0.15, -0.1) is 0 Å². The minimum absolute atomic E-state index is 0.0321. The van der Waals surface area contributed by atoms with Crippen molar-refractivity contribution in [3.05, 3.63) is 65.7 Å². The molecular weight excluding hydrogens is 397 g/mol. The molecule has 0 saturated heterocycles. The first-order valence-corrected chi connectivity index (χ1v) is 9.51. The maximum absolute atomic E-state index is 13.0. The van der Waals surface area contributed by atoms with E-state index in [1.807, 2.05) is 0 Å². The predicted molar refractivity (Wildman–Crippen MR) is 98.1 cm³/mol. The molecule has 10 heteroatoms. The lowest BCUT2D eigenvalue weighted by molar-refractivity contribution is 0.221. The molecule has 0 radical (unpaired) electrons. The Morgan fingerprint density at radius 1 is 1.22 bits per heavy atom. The molecule has 2 aromatic carbocycles. The van der Waals surface area contributed by atoms with Gasteiger partial charge in [-0.1, -0.05) is 11.6 Å². The van der Waals surface area contributed by atoms with Crippen molar-refractivity contribution >= 4 is 27.3 Å². The highest BCUT2D eigenvalue weighted by Crippen LogP contribution is 2.25. The number of benzene rings is 2. The summed E-state index contributed by atoms with van der Waals surface area (Å²) in [6.45, 7) is -0.0321. The number of nitrogens with one attached hydrogen (secondary N) is 1. The number of aromatic nitrogens is 2. The van der Waals surface area contributed by atoms with E-state index in [0.29, 0.717) is 5.75 Å². The highest BCUT2D eigenvalue weighted by molar-refractivity contribution is 7.92. The zero-order valence-electron chi connectivity index (χ0n) is 14.1. The van der Waals surface area contributed by atoms with E-state index in [2.05, 4.69) is 9.82 Å². The van der Waals surface area contributed by atoms with Crippen LogP contribution in [0.3, 0.4) is 0 Å². The predicted octanol–water partition coefficient (Wildman–Crippen LogP) is 3.52. The molecule has 0 aliphatic heterocycles. The summed E-state index contributed by atoms with van der Waals surface area (Å²) in [5, 5.41) is 4.14. The molecule has 0 aliphatic rings. The van der Waals surface area contributed by atoms with E-state index in [1.54, 1.807) is 12.1 Å². The van der Waals surface area contributed by atoms with Crippen molar-refractivity contribution in [3.8, 4) is 11.5 Å². The van der Waals surface area contributed by atoms with Gasteiger partial charge in [0.1, 0.15) is 17.3 Å². The molecule has 0 saturated carbocycles. The van der Waals surface area contributed by atoms with Gasteiger partial charge in [-0.2, -0.15) is 5.10 Å². The normalized spacial score (nSPS) is 11.2. The minimum Gasteiger partial charge on any atom is -0.497 e. The number of rotatable bonds is 7. The molecule has 1 aromatic heterocycles. The van der Waals surface area contributed by atoms with Crippen molar-refractivity contribution in [2.75, 3.05) is 11.8 Å². The number of ether oxygens (including phenoxy) is 2. The van der Waals surface area contributed by atoms with Gasteiger partial charge in [0.05, 0.1) is 35.1 Å². The summed E-state index contributed by atoms with van der Waals surface area (Å²) < 4.78 is 52.1. The fraction of sp³-hybridized carbons (Fsp3) is 0.118. The van der Waals surface area contributed by atoms with Crippen LogP contribution in [0, 0.1) is 5.82 Å². The number of nitrogens with zero attached hydrogens (tertiary/aromatic N) is 2. The number of hydrogen-bond donors (Lipinski definition) is 1. The smallest absolute Gasteiger partial charge is 0.261 e. The lowest BCUT2D eigenvalue weighted by Gasteiger charge is -2.08. The zero-order valence-corrected chi connectivity index (χ0v) is 15.7. The second-order valence-electron chi connectivity index (χ2n) is 5.40. The molecule has 1 heterocycles. The van der Waals surface area contributed by atoms with E-state index >= 15 is 0 Å². The van der Waals surface area contributed by atoms with Crippen LogP contribution >= 0.6 is 11.6 Å².